The van der Waals surface area contributed by atoms with Crippen LogP contribution in [0.1, 0.15) is 23.1 Å². The Balaban J connectivity index is 3.38. The summed E-state index contributed by atoms with van der Waals surface area (Å²) in [6.07, 6.45) is -1.19. The largest absolute Gasteiger partial charge is 0.264 e. The lowest BCUT2D eigenvalue weighted by molar-refractivity contribution is 0.149. The molecule has 0 N–H and O–H groups in total. The predicted octanol–water partition coefficient (Wildman–Crippen LogP) is 3.58. The molecule has 0 spiro atoms. The summed E-state index contributed by atoms with van der Waals surface area (Å²) in [5, 5.41) is 8.89. The minimum atomic E-state index is -2.57. The molecule has 0 aromatic carbocycles. The van der Waals surface area contributed by atoms with Crippen LogP contribution in [0.25, 0.3) is 0 Å². The summed E-state index contributed by atoms with van der Waals surface area (Å²) < 4.78 is 26.1. The van der Waals surface area contributed by atoms with Gasteiger partial charge in [-0.05, 0) is 28.2 Å². The number of halogens is 4. The van der Waals surface area contributed by atoms with Crippen molar-refractivity contribution < 1.29 is 8.78 Å². The monoisotopic (exact) mass is 386 g/mol. The maximum absolute atomic E-state index is 12.8. The van der Waals surface area contributed by atoms with Gasteiger partial charge in [-0.25, -0.2) is 13.8 Å². The summed E-state index contributed by atoms with van der Waals surface area (Å²) in [5.41, 5.74) is 0.716. The first-order valence-corrected chi connectivity index (χ1v) is 6.19. The minimum Gasteiger partial charge on any atom is -0.250 e. The average molecular weight is 387 g/mol. The Hall–Kier alpha value is -0.290. The molecule has 0 amide bonds. The molecule has 0 saturated carbocycles. The lowest BCUT2D eigenvalue weighted by atomic mass is 10.0. The van der Waals surface area contributed by atoms with E-state index in [0.29, 0.717) is 20.2 Å². The Morgan fingerprint density at radius 2 is 2.27 bits per heavy atom. The third-order valence-corrected chi connectivity index (χ3v) is 3.41. The molecule has 1 aromatic rings. The van der Waals surface area contributed by atoms with Crippen LogP contribution in [0.5, 0.6) is 0 Å². The van der Waals surface area contributed by atoms with Gasteiger partial charge in [0.25, 0.3) is 6.43 Å². The van der Waals surface area contributed by atoms with E-state index in [1.165, 1.54) is 6.20 Å². The molecule has 0 aliphatic heterocycles. The highest BCUT2D eigenvalue weighted by Gasteiger charge is 2.20. The molecule has 0 unspecified atom stereocenters. The Bertz CT molecular complexity index is 404. The number of alkyl halides is 3. The molecule has 0 radical (unpaired) electrons. The number of aromatic nitrogens is 1. The fourth-order valence-corrected chi connectivity index (χ4v) is 2.28. The average Bonchev–Trinajstić information content (AvgIpc) is 2.20. The van der Waals surface area contributed by atoms with Gasteiger partial charge in [0.05, 0.1) is 12.5 Å². The van der Waals surface area contributed by atoms with E-state index >= 15 is 0 Å². The second kappa shape index (κ2) is 5.70. The highest BCUT2D eigenvalue weighted by Crippen LogP contribution is 2.30. The summed E-state index contributed by atoms with van der Waals surface area (Å²) in [6.45, 7) is 0. The van der Waals surface area contributed by atoms with Crippen LogP contribution in [-0.2, 0) is 11.8 Å². The van der Waals surface area contributed by atoms with Gasteiger partial charge in [-0.15, -0.1) is 0 Å². The molecule has 1 heterocycles. The zero-order chi connectivity index (χ0) is 11.4. The highest BCUT2D eigenvalue weighted by molar-refractivity contribution is 14.1. The molecule has 0 bridgehead atoms. The molecule has 2 nitrogen and oxygen atoms in total. The Morgan fingerprint density at radius 3 is 2.73 bits per heavy atom. The first-order valence-electron chi connectivity index (χ1n) is 3.99. The van der Waals surface area contributed by atoms with E-state index in [1.807, 2.05) is 28.7 Å². The third kappa shape index (κ3) is 2.84. The Kier molecular flexibility index (Phi) is 4.86. The first-order chi connectivity index (χ1) is 7.11. The molecule has 0 saturated heterocycles. The second-order valence-corrected chi connectivity index (χ2v) is 4.32. The number of hydrogen-bond acceptors (Lipinski definition) is 2. The van der Waals surface area contributed by atoms with Gasteiger partial charge in [0.15, 0.2) is 0 Å². The van der Waals surface area contributed by atoms with Crippen LogP contribution in [0, 0.1) is 15.0 Å². The van der Waals surface area contributed by atoms with Gasteiger partial charge in [-0.2, -0.15) is 5.26 Å². The van der Waals surface area contributed by atoms with Crippen molar-refractivity contribution in [1.29, 1.82) is 5.26 Å². The summed E-state index contributed by atoms with van der Waals surface area (Å²) in [4.78, 5) is 3.98. The van der Waals surface area contributed by atoms with Crippen molar-refractivity contribution in [3.05, 3.63) is 26.6 Å². The van der Waals surface area contributed by atoms with Crippen LogP contribution in [0.15, 0.2) is 6.20 Å². The molecule has 15 heavy (non-hydrogen) atoms. The molecule has 1 rings (SSSR count). The van der Waals surface area contributed by atoms with E-state index in [4.69, 9.17) is 5.26 Å². The van der Waals surface area contributed by atoms with Crippen molar-refractivity contribution in [2.45, 2.75) is 18.2 Å². The third-order valence-electron chi connectivity index (χ3n) is 1.87. The fraction of sp³-hybridized carbons (Fsp3) is 0.333. The zero-order valence-corrected chi connectivity index (χ0v) is 11.2. The first kappa shape index (κ1) is 12.8. The number of rotatable bonds is 3. The fourth-order valence-electron chi connectivity index (χ4n) is 1.21. The van der Waals surface area contributed by atoms with E-state index in [-0.39, 0.29) is 12.0 Å². The van der Waals surface area contributed by atoms with E-state index in [0.717, 1.165) is 0 Å². The molecule has 0 atom stereocenters. The van der Waals surface area contributed by atoms with Gasteiger partial charge in [-0.3, -0.25) is 0 Å². The predicted molar refractivity (Wildman–Crippen MR) is 63.9 cm³/mol. The van der Waals surface area contributed by atoms with Crippen LogP contribution in [-0.4, -0.2) is 4.98 Å². The van der Waals surface area contributed by atoms with Crippen LogP contribution in [0.2, 0.25) is 0 Å². The summed E-state index contributed by atoms with van der Waals surface area (Å²) >= 11 is 4.99. The van der Waals surface area contributed by atoms with Crippen LogP contribution in [0.4, 0.5) is 8.78 Å². The second-order valence-electron chi connectivity index (χ2n) is 2.74. The minimum absolute atomic E-state index is 0.0359. The molecule has 0 aliphatic rings. The van der Waals surface area contributed by atoms with Crippen molar-refractivity contribution in [3.8, 4) is 6.07 Å². The van der Waals surface area contributed by atoms with E-state index in [9.17, 15) is 8.78 Å². The molecule has 80 valence electrons. The molecule has 0 aliphatic carbocycles. The smallest absolute Gasteiger partial charge is 0.250 e. The number of pyridine rings is 1. The van der Waals surface area contributed by atoms with Crippen molar-refractivity contribution >= 4 is 38.5 Å². The van der Waals surface area contributed by atoms with Crippen molar-refractivity contribution in [3.63, 3.8) is 0 Å². The quantitative estimate of drug-likeness (QED) is 0.452. The van der Waals surface area contributed by atoms with E-state index in [1.54, 1.807) is 0 Å². The van der Waals surface area contributed by atoms with E-state index < -0.39 is 6.43 Å². The standard InChI is InChI=1S/C9H6BrF2IN2/c10-3-5-4-15-9(13)6(1-2-14)7(5)8(11)12/h4,8H,1,3H2. The van der Waals surface area contributed by atoms with Crippen molar-refractivity contribution in [1.82, 2.24) is 4.98 Å². The zero-order valence-electron chi connectivity index (χ0n) is 7.48. The number of nitriles is 1. The van der Waals surface area contributed by atoms with Crippen LogP contribution < -0.4 is 0 Å². The number of hydrogen-bond donors (Lipinski definition) is 0. The lowest BCUT2D eigenvalue weighted by Gasteiger charge is -2.11. The molecular formula is C9H6BrF2IN2. The van der Waals surface area contributed by atoms with Crippen molar-refractivity contribution in [2.24, 2.45) is 0 Å². The summed E-state index contributed by atoms with van der Waals surface area (Å²) in [6, 6.07) is 1.88. The van der Waals surface area contributed by atoms with Gasteiger partial charge in [0.1, 0.15) is 3.70 Å². The molecule has 0 fully saturated rings. The maximum Gasteiger partial charge on any atom is 0.264 e. The molecule has 6 heteroatoms. The number of nitrogens with zero attached hydrogens (tertiary/aromatic N) is 2. The van der Waals surface area contributed by atoms with Gasteiger partial charge < -0.3 is 0 Å². The maximum atomic E-state index is 12.8. The lowest BCUT2D eigenvalue weighted by Crippen LogP contribution is -2.04. The summed E-state index contributed by atoms with van der Waals surface area (Å²) in [7, 11) is 0. The van der Waals surface area contributed by atoms with E-state index in [2.05, 4.69) is 20.9 Å². The van der Waals surface area contributed by atoms with Crippen LogP contribution >= 0.6 is 38.5 Å². The SMILES string of the molecule is N#CCc1c(I)ncc(CBr)c1C(F)F. The normalized spacial score (nSPS) is 10.4. The van der Waals surface area contributed by atoms with Gasteiger partial charge in [0.2, 0.25) is 0 Å². The molecular weight excluding hydrogens is 381 g/mol. The topological polar surface area (TPSA) is 36.7 Å². The van der Waals surface area contributed by atoms with Gasteiger partial charge in [-0.1, -0.05) is 15.9 Å². The van der Waals surface area contributed by atoms with Gasteiger partial charge >= 0.3 is 0 Å². The van der Waals surface area contributed by atoms with Crippen LogP contribution in [0.3, 0.4) is 0 Å². The summed E-state index contributed by atoms with van der Waals surface area (Å²) in [5.74, 6) is 0. The van der Waals surface area contributed by atoms with Crippen molar-refractivity contribution in [2.75, 3.05) is 0 Å². The Morgan fingerprint density at radius 1 is 1.60 bits per heavy atom. The molecule has 1 aromatic heterocycles. The highest BCUT2D eigenvalue weighted by atomic mass is 127. The Labute approximate surface area is 108 Å². The van der Waals surface area contributed by atoms with Gasteiger partial charge in [0, 0.05) is 22.7 Å².